The number of aromatic amines is 1. The van der Waals surface area contributed by atoms with E-state index in [0.717, 1.165) is 27.2 Å². The van der Waals surface area contributed by atoms with E-state index in [1.165, 1.54) is 11.3 Å². The molecule has 4 atom stereocenters. The number of aryl methyl sites for hydroxylation is 1. The molecule has 166 valence electrons. The van der Waals surface area contributed by atoms with Crippen molar-refractivity contribution in [3.05, 3.63) is 27.9 Å². The Morgan fingerprint density at radius 2 is 2.16 bits per heavy atom. The molecule has 0 radical (unpaired) electrons. The van der Waals surface area contributed by atoms with Crippen LogP contribution in [0.2, 0.25) is 5.02 Å². The van der Waals surface area contributed by atoms with Crippen LogP contribution in [-0.2, 0) is 6.61 Å². The number of hydrogen-bond donors (Lipinski definition) is 3. The minimum Gasteiger partial charge on any atom is -0.390 e. The van der Waals surface area contributed by atoms with Crippen molar-refractivity contribution < 1.29 is 9.50 Å². The molecular formula is C21H21ClFN7OS. The van der Waals surface area contributed by atoms with Crippen molar-refractivity contribution in [3.8, 4) is 11.3 Å². The van der Waals surface area contributed by atoms with Crippen LogP contribution in [0.15, 0.2) is 12.1 Å². The molecule has 2 saturated heterocycles. The normalized spacial score (nSPS) is 25.3. The average Bonchev–Trinajstić information content (AvgIpc) is 3.46. The van der Waals surface area contributed by atoms with Crippen LogP contribution < -0.4 is 10.6 Å². The van der Waals surface area contributed by atoms with Gasteiger partial charge in [0.05, 0.1) is 38.6 Å². The number of anilines is 1. The Balaban J connectivity index is 1.49. The standard InChI is InChI=1S/C21H21ClFN7OS/c1-8-25-12-4-3-10(15(22)19(12)32-8)17-18-20(29-28-17)27-21(13(7-31)26-18)30-9-2-5-14(30)16(23)11(24)6-9/h3-4,9,11,14,16,31H,2,5-7,24H2,1H3,(H,27,28,29)/t9-,11-,14-,16-/m0/s1. The van der Waals surface area contributed by atoms with E-state index in [9.17, 15) is 9.50 Å². The molecule has 11 heteroatoms. The average molecular weight is 474 g/mol. The molecule has 4 N–H and O–H groups in total. The second kappa shape index (κ2) is 7.31. The molecule has 0 aliphatic carbocycles. The molecule has 2 aliphatic heterocycles. The van der Waals surface area contributed by atoms with Crippen LogP contribution in [0, 0.1) is 6.92 Å². The van der Waals surface area contributed by atoms with Gasteiger partial charge >= 0.3 is 0 Å². The molecule has 2 fully saturated rings. The molecule has 2 bridgehead atoms. The van der Waals surface area contributed by atoms with Gasteiger partial charge in [0.1, 0.15) is 17.4 Å². The van der Waals surface area contributed by atoms with Crippen molar-refractivity contribution in [1.82, 2.24) is 25.1 Å². The molecule has 32 heavy (non-hydrogen) atoms. The van der Waals surface area contributed by atoms with Gasteiger partial charge in [-0.1, -0.05) is 11.6 Å². The number of nitrogens with one attached hydrogen (secondary N) is 1. The molecule has 5 heterocycles. The zero-order valence-corrected chi connectivity index (χ0v) is 18.8. The molecular weight excluding hydrogens is 453 g/mol. The summed E-state index contributed by atoms with van der Waals surface area (Å²) in [5.74, 6) is 0.486. The molecule has 3 aromatic heterocycles. The lowest BCUT2D eigenvalue weighted by Crippen LogP contribution is -2.56. The number of rotatable bonds is 3. The van der Waals surface area contributed by atoms with Crippen molar-refractivity contribution in [1.29, 1.82) is 0 Å². The van der Waals surface area contributed by atoms with Crippen molar-refractivity contribution in [2.24, 2.45) is 5.73 Å². The molecule has 1 aromatic carbocycles. The number of nitrogens with two attached hydrogens (primary N) is 1. The number of nitrogens with zero attached hydrogens (tertiary/aromatic N) is 5. The molecule has 4 aromatic rings. The first-order valence-electron chi connectivity index (χ1n) is 10.6. The van der Waals surface area contributed by atoms with E-state index in [-0.39, 0.29) is 18.7 Å². The number of aromatic nitrogens is 5. The van der Waals surface area contributed by atoms with E-state index in [0.29, 0.717) is 46.2 Å². The van der Waals surface area contributed by atoms with E-state index in [1.807, 2.05) is 24.0 Å². The predicted octanol–water partition coefficient (Wildman–Crippen LogP) is 3.49. The monoisotopic (exact) mass is 473 g/mol. The van der Waals surface area contributed by atoms with Gasteiger partial charge in [-0.2, -0.15) is 5.10 Å². The summed E-state index contributed by atoms with van der Waals surface area (Å²) in [7, 11) is 0. The lowest BCUT2D eigenvalue weighted by atomic mass is 9.96. The fraction of sp³-hybridized carbons (Fsp3) is 0.429. The Hall–Kier alpha value is -2.40. The van der Waals surface area contributed by atoms with Gasteiger partial charge in [-0.3, -0.25) is 5.10 Å². The Morgan fingerprint density at radius 1 is 1.31 bits per heavy atom. The van der Waals surface area contributed by atoms with Gasteiger partial charge in [-0.05, 0) is 38.3 Å². The molecule has 0 saturated carbocycles. The van der Waals surface area contributed by atoms with Crippen molar-refractivity contribution in [3.63, 3.8) is 0 Å². The second-order valence-electron chi connectivity index (χ2n) is 8.48. The summed E-state index contributed by atoms with van der Waals surface area (Å²) >= 11 is 8.24. The molecule has 0 spiro atoms. The summed E-state index contributed by atoms with van der Waals surface area (Å²) in [6, 6.07) is 3.06. The minimum atomic E-state index is -1.14. The van der Waals surface area contributed by atoms with Gasteiger partial charge in [0.2, 0.25) is 5.65 Å². The lowest BCUT2D eigenvalue weighted by Gasteiger charge is -2.41. The molecule has 2 aliphatic rings. The fourth-order valence-corrected chi connectivity index (χ4v) is 6.37. The number of fused-ring (bicyclic) bond motifs is 4. The maximum absolute atomic E-state index is 14.8. The quantitative estimate of drug-likeness (QED) is 0.417. The van der Waals surface area contributed by atoms with Crippen LogP contribution in [0.5, 0.6) is 0 Å². The largest absolute Gasteiger partial charge is 0.390 e. The first kappa shape index (κ1) is 20.2. The number of benzene rings is 1. The highest BCUT2D eigenvalue weighted by atomic mass is 35.5. The van der Waals surface area contributed by atoms with Crippen LogP contribution in [0.1, 0.15) is 30.0 Å². The first-order valence-corrected chi connectivity index (χ1v) is 11.8. The van der Waals surface area contributed by atoms with Gasteiger partial charge < -0.3 is 15.7 Å². The fourth-order valence-electron chi connectivity index (χ4n) is 5.14. The van der Waals surface area contributed by atoms with E-state index >= 15 is 0 Å². The summed E-state index contributed by atoms with van der Waals surface area (Å²) in [4.78, 5) is 15.9. The van der Waals surface area contributed by atoms with Crippen LogP contribution in [0.3, 0.4) is 0 Å². The zero-order valence-electron chi connectivity index (χ0n) is 17.2. The highest BCUT2D eigenvalue weighted by molar-refractivity contribution is 7.19. The number of hydrogen-bond acceptors (Lipinski definition) is 8. The number of halogens is 2. The molecule has 0 amide bonds. The zero-order chi connectivity index (χ0) is 22.1. The van der Waals surface area contributed by atoms with Crippen LogP contribution in [-0.4, -0.2) is 54.6 Å². The van der Waals surface area contributed by atoms with E-state index in [1.54, 1.807) is 0 Å². The summed E-state index contributed by atoms with van der Waals surface area (Å²) in [6.45, 7) is 1.62. The lowest BCUT2D eigenvalue weighted by molar-refractivity contribution is 0.202. The Bertz CT molecular complexity index is 1360. The van der Waals surface area contributed by atoms with E-state index < -0.39 is 12.2 Å². The number of thiazole rings is 1. The van der Waals surface area contributed by atoms with E-state index in [2.05, 4.69) is 15.2 Å². The van der Waals surface area contributed by atoms with Gasteiger partial charge in [0.15, 0.2) is 5.82 Å². The van der Waals surface area contributed by atoms with Crippen LogP contribution >= 0.6 is 22.9 Å². The predicted molar refractivity (Wildman–Crippen MR) is 123 cm³/mol. The smallest absolute Gasteiger partial charge is 0.202 e. The molecule has 6 rings (SSSR count). The van der Waals surface area contributed by atoms with Gasteiger partial charge in [0.25, 0.3) is 0 Å². The third kappa shape index (κ3) is 2.86. The Morgan fingerprint density at radius 3 is 2.97 bits per heavy atom. The van der Waals surface area contributed by atoms with Gasteiger partial charge in [-0.25, -0.2) is 19.3 Å². The second-order valence-corrected chi connectivity index (χ2v) is 10.1. The first-order chi connectivity index (χ1) is 15.5. The number of alkyl halides is 1. The Labute approximate surface area is 191 Å². The van der Waals surface area contributed by atoms with Crippen molar-refractivity contribution >= 4 is 50.1 Å². The van der Waals surface area contributed by atoms with Crippen molar-refractivity contribution in [2.75, 3.05) is 4.90 Å². The highest BCUT2D eigenvalue weighted by Gasteiger charge is 2.48. The maximum Gasteiger partial charge on any atom is 0.202 e. The van der Waals surface area contributed by atoms with Crippen molar-refractivity contribution in [2.45, 2.75) is 57.1 Å². The summed E-state index contributed by atoms with van der Waals surface area (Å²) in [5.41, 5.74) is 9.51. The third-order valence-electron chi connectivity index (χ3n) is 6.57. The van der Waals surface area contributed by atoms with E-state index in [4.69, 9.17) is 27.3 Å². The maximum atomic E-state index is 14.8. The van der Waals surface area contributed by atoms with Crippen LogP contribution in [0.4, 0.5) is 10.2 Å². The van der Waals surface area contributed by atoms with Gasteiger partial charge in [-0.15, -0.1) is 11.3 Å². The summed E-state index contributed by atoms with van der Waals surface area (Å²) in [6.07, 6.45) is 0.970. The Kier molecular flexibility index (Phi) is 4.62. The number of aliphatic hydroxyl groups is 1. The minimum absolute atomic E-state index is 0.0869. The number of piperidine rings is 1. The SMILES string of the molecule is Cc1nc2ccc(-c3[nH]nc4nc(N5[C@H]6CC[C@H]5[C@@H](F)[C@@H](N)C6)c(CO)nc34)c(Cl)c2s1. The van der Waals surface area contributed by atoms with Gasteiger partial charge in [0, 0.05) is 17.6 Å². The third-order valence-corrected chi connectivity index (χ3v) is 8.08. The van der Waals surface area contributed by atoms with Crippen LogP contribution in [0.25, 0.3) is 32.6 Å². The number of H-pyrrole nitrogens is 1. The topological polar surface area (TPSA) is 117 Å². The molecule has 0 unspecified atom stereocenters. The summed E-state index contributed by atoms with van der Waals surface area (Å²) in [5, 5.41) is 19.0. The number of aliphatic hydroxyl groups excluding tert-OH is 1. The molecule has 8 nitrogen and oxygen atoms in total. The summed E-state index contributed by atoms with van der Waals surface area (Å²) < 4.78 is 15.7. The highest BCUT2D eigenvalue weighted by Crippen LogP contribution is 2.42.